The van der Waals surface area contributed by atoms with Gasteiger partial charge in [-0.1, -0.05) is 144 Å². The summed E-state index contributed by atoms with van der Waals surface area (Å²) in [4.78, 5) is 13.2. The van der Waals surface area contributed by atoms with Crippen LogP contribution in [-0.2, 0) is 26.4 Å². The Morgan fingerprint density at radius 1 is 0.516 bits per heavy atom. The molecule has 0 bridgehead atoms. The third-order valence-corrected chi connectivity index (χ3v) is 26.9. The van der Waals surface area contributed by atoms with Crippen LogP contribution >= 0.6 is 14.5 Å². The van der Waals surface area contributed by atoms with Gasteiger partial charge in [0.05, 0.1) is 11.3 Å². The molecule has 5 aromatic rings. The van der Waals surface area contributed by atoms with E-state index in [4.69, 9.17) is 4.74 Å². The van der Waals surface area contributed by atoms with Gasteiger partial charge < -0.3 is 9.84 Å². The van der Waals surface area contributed by atoms with Crippen LogP contribution in [0.1, 0.15) is 167 Å². The molecule has 0 aliphatic carbocycles. The predicted molar refractivity (Wildman–Crippen MR) is 270 cm³/mol. The number of esters is 1. The molecule has 0 saturated carbocycles. The molecule has 328 valence electrons. The molecule has 5 aromatic carbocycles. The third kappa shape index (κ3) is 8.25. The Hall–Kier alpha value is -3.77. The summed E-state index contributed by atoms with van der Waals surface area (Å²) in [7, 11) is -4.53. The van der Waals surface area contributed by atoms with Gasteiger partial charge >= 0.3 is 5.97 Å². The average Bonchev–Trinajstić information content (AvgIpc) is 3.53. The van der Waals surface area contributed by atoms with E-state index in [1.807, 2.05) is 12.1 Å². The van der Waals surface area contributed by atoms with Gasteiger partial charge in [-0.15, -0.1) is 0 Å². The Kier molecular flexibility index (Phi) is 12.4. The van der Waals surface area contributed by atoms with E-state index in [9.17, 15) is 9.90 Å². The van der Waals surface area contributed by atoms with E-state index in [1.165, 1.54) is 43.5 Å². The molecule has 3 atom stereocenters. The number of phenols is 1. The smallest absolute Gasteiger partial charge is 0.342 e. The predicted octanol–water partition coefficient (Wildman–Crippen LogP) is 13.8. The van der Waals surface area contributed by atoms with E-state index in [0.717, 1.165) is 24.8 Å². The molecule has 62 heavy (non-hydrogen) atoms. The van der Waals surface area contributed by atoms with Crippen molar-refractivity contribution in [3.8, 4) is 5.75 Å². The summed E-state index contributed by atoms with van der Waals surface area (Å²) >= 11 is 0. The number of phenolic OH excluding ortho intramolecular Hbond substituents is 1. The minimum atomic E-state index is -2.26. The first-order chi connectivity index (χ1) is 28.9. The van der Waals surface area contributed by atoms with Crippen LogP contribution in [0.15, 0.2) is 115 Å². The Morgan fingerprint density at radius 2 is 0.855 bits per heavy atom. The van der Waals surface area contributed by atoms with E-state index in [1.54, 1.807) is 6.07 Å². The zero-order valence-corrected chi connectivity index (χ0v) is 42.1. The first kappa shape index (κ1) is 46.2. The second-order valence-electron chi connectivity index (χ2n) is 22.7. The van der Waals surface area contributed by atoms with Gasteiger partial charge in [0.25, 0.3) is 0 Å². The maximum Gasteiger partial charge on any atom is 0.342 e. The summed E-state index contributed by atoms with van der Waals surface area (Å²) in [6.07, 6.45) is 3.34. The number of hydrogen-bond donors (Lipinski definition) is 1. The highest BCUT2D eigenvalue weighted by Crippen LogP contribution is 2.86. The highest BCUT2D eigenvalue weighted by atomic mass is 31.2. The van der Waals surface area contributed by atoms with E-state index in [2.05, 4.69) is 194 Å². The van der Waals surface area contributed by atoms with E-state index in [-0.39, 0.29) is 33.5 Å². The Bertz CT molecular complexity index is 2120. The first-order valence-electron chi connectivity index (χ1n) is 23.2. The van der Waals surface area contributed by atoms with Gasteiger partial charge in [0.2, 0.25) is 0 Å². The number of benzene rings is 5. The summed E-state index contributed by atoms with van der Waals surface area (Å²) < 4.78 is 6.09. The van der Waals surface area contributed by atoms with Gasteiger partial charge in [0, 0.05) is 18.4 Å². The number of carbonyl (C=O) groups excluding carboxylic acids is 1. The Balaban J connectivity index is 1.54. The molecule has 0 spiro atoms. The molecule has 7 rings (SSSR count). The number of rotatable bonds is 8. The number of aromatic hydroxyl groups is 1. The lowest BCUT2D eigenvalue weighted by Crippen LogP contribution is -2.51. The molecule has 2 heterocycles. The summed E-state index contributed by atoms with van der Waals surface area (Å²) in [6.45, 7) is 33.0. The topological polar surface area (TPSA) is 46.5 Å². The second kappa shape index (κ2) is 16.7. The monoisotopic (exact) mass is 869 g/mol. The fourth-order valence-electron chi connectivity index (χ4n) is 10.9. The van der Waals surface area contributed by atoms with Gasteiger partial charge in [-0.25, -0.2) is 4.79 Å². The Labute approximate surface area is 376 Å². The van der Waals surface area contributed by atoms with Gasteiger partial charge in [0.1, 0.15) is 53.2 Å². The van der Waals surface area contributed by atoms with Crippen molar-refractivity contribution in [2.75, 3.05) is 0 Å². The van der Waals surface area contributed by atoms with Crippen LogP contribution < -0.4 is 21.2 Å². The third-order valence-electron chi connectivity index (χ3n) is 14.5. The maximum absolute atomic E-state index is 13.2. The standard InChI is InChI=1S/C57H73O3P2/c1-38-37-39(2)62(46-33-25-42(26-34-46)56(9,10)11,47-35-27-43(28-36-47)57(12,13)14)51(20-16-19-50-48-17-15-18-49(58)52(48)53(59)60-50)61(38,44-29-21-40(22-30-44)54(3,4)5)45-31-23-41(24-32-45)55(6,7)8/h15,17-18,21-36,38-39,50-51H,16,19-20,37H2,1-14H3/q+1/p+1. The molecule has 3 unspecified atom stereocenters. The SMILES string of the molecule is CC1CC(C)[P+](c2ccc(C(C)(C)C)cc2)(c2ccc(C(C)(C)C)cc2)C(CCCC2OC(=O)c3c(O)cccc32)[P+]1(c1ccc(C(C)(C)C)cc1)c1ccc(C(C)(C)C)cc1. The van der Waals surface area contributed by atoms with Crippen molar-refractivity contribution in [2.24, 2.45) is 0 Å². The van der Waals surface area contributed by atoms with Crippen LogP contribution in [-0.4, -0.2) is 27.8 Å². The fraction of sp³-hybridized carbons (Fsp3) is 0.456. The number of ether oxygens (including phenoxy) is 1. The normalized spacial score (nSPS) is 21.4. The molecule has 1 saturated heterocycles. The van der Waals surface area contributed by atoms with Crippen LogP contribution in [0.3, 0.4) is 0 Å². The lowest BCUT2D eigenvalue weighted by atomic mass is 9.87. The first-order valence-corrected chi connectivity index (χ1v) is 27.0. The van der Waals surface area contributed by atoms with Crippen molar-refractivity contribution in [3.05, 3.63) is 149 Å². The minimum Gasteiger partial charge on any atom is -0.507 e. The van der Waals surface area contributed by atoms with E-state index < -0.39 is 20.5 Å². The van der Waals surface area contributed by atoms with Crippen LogP contribution in [0.4, 0.5) is 0 Å². The zero-order valence-electron chi connectivity index (χ0n) is 40.3. The van der Waals surface area contributed by atoms with Gasteiger partial charge in [0.15, 0.2) is 5.40 Å². The van der Waals surface area contributed by atoms with E-state index in [0.29, 0.717) is 28.7 Å². The van der Waals surface area contributed by atoms with Crippen LogP contribution in [0, 0.1) is 0 Å². The molecule has 1 N–H and O–H groups in total. The summed E-state index contributed by atoms with van der Waals surface area (Å²) in [5, 5.41) is 17.1. The average molecular weight is 869 g/mol. The van der Waals surface area contributed by atoms with Crippen molar-refractivity contribution in [1.29, 1.82) is 0 Å². The highest BCUT2D eigenvalue weighted by Gasteiger charge is 2.73. The molecule has 0 radical (unpaired) electrons. The molecule has 3 nitrogen and oxygen atoms in total. The molecule has 0 aromatic heterocycles. The molecular formula is C57H74O3P2+2. The maximum atomic E-state index is 13.2. The van der Waals surface area contributed by atoms with Gasteiger partial charge in [-0.3, -0.25) is 0 Å². The Morgan fingerprint density at radius 3 is 1.18 bits per heavy atom. The van der Waals surface area contributed by atoms with Crippen molar-refractivity contribution < 1.29 is 14.6 Å². The largest absolute Gasteiger partial charge is 0.507 e. The van der Waals surface area contributed by atoms with E-state index >= 15 is 0 Å². The number of fused-ring (bicyclic) bond motifs is 1. The minimum absolute atomic E-state index is 0.00892. The van der Waals surface area contributed by atoms with Gasteiger partial charge in [-0.2, -0.15) is 0 Å². The van der Waals surface area contributed by atoms with Gasteiger partial charge in [-0.05, 0) is 125 Å². The van der Waals surface area contributed by atoms with Crippen LogP contribution in [0.2, 0.25) is 0 Å². The number of cyclic esters (lactones) is 1. The number of carbonyl (C=O) groups is 1. The van der Waals surface area contributed by atoms with Crippen molar-refractivity contribution in [3.63, 3.8) is 0 Å². The lowest BCUT2D eigenvalue weighted by Gasteiger charge is -2.51. The highest BCUT2D eigenvalue weighted by molar-refractivity contribution is 8.06. The molecule has 1 fully saturated rings. The summed E-state index contributed by atoms with van der Waals surface area (Å²) in [6, 6.07) is 45.1. The summed E-state index contributed by atoms with van der Waals surface area (Å²) in [5.74, 6) is -0.405. The molecule has 2 aliphatic heterocycles. The zero-order chi connectivity index (χ0) is 45.2. The van der Waals surface area contributed by atoms with Crippen molar-refractivity contribution in [1.82, 2.24) is 0 Å². The van der Waals surface area contributed by atoms with Crippen molar-refractivity contribution >= 4 is 41.7 Å². The molecule has 2 aliphatic rings. The molecular weight excluding hydrogens is 795 g/mol. The van der Waals surface area contributed by atoms with Crippen LogP contribution in [0.5, 0.6) is 5.75 Å². The lowest BCUT2D eigenvalue weighted by molar-refractivity contribution is 0.0362. The summed E-state index contributed by atoms with van der Waals surface area (Å²) in [5.41, 5.74) is 7.59. The molecule has 0 amide bonds. The fourth-order valence-corrected chi connectivity index (χ4v) is 26.6. The second-order valence-corrected chi connectivity index (χ2v) is 31.3. The molecule has 5 heteroatoms. The number of hydrogen-bond acceptors (Lipinski definition) is 3. The quantitative estimate of drug-likeness (QED) is 0.125. The van der Waals surface area contributed by atoms with Crippen LogP contribution in [0.25, 0.3) is 0 Å². The van der Waals surface area contributed by atoms with Crippen molar-refractivity contribution in [2.45, 2.75) is 167 Å².